The van der Waals surface area contributed by atoms with Gasteiger partial charge in [0.1, 0.15) is 17.3 Å². The summed E-state index contributed by atoms with van der Waals surface area (Å²) < 4.78 is 30.8. The van der Waals surface area contributed by atoms with E-state index in [1.165, 1.54) is 24.5 Å². The van der Waals surface area contributed by atoms with Crippen LogP contribution in [-0.2, 0) is 23.0 Å². The highest BCUT2D eigenvalue weighted by Crippen LogP contribution is 2.28. The molecule has 4 rings (SSSR count). The Kier molecular flexibility index (Phi) is 9.49. The summed E-state index contributed by atoms with van der Waals surface area (Å²) in [5.74, 6) is 0.183. The average Bonchev–Trinajstić information content (AvgIpc) is 3.38. The van der Waals surface area contributed by atoms with E-state index in [-0.39, 0.29) is 42.0 Å². The molecule has 186 valence electrons. The number of carbonyl (C=O) groups excluding carboxylic acids is 1. The summed E-state index contributed by atoms with van der Waals surface area (Å²) in [5.41, 5.74) is 2.50. The standard InChI is InChI=1S/C28H31NO4S.ClH/c1-34(31,32)28-18-24(16-17-27(28)33-21-23-12-6-3-7-13-23)26(30)20-29(25-14-8-9-15-25)19-22-10-4-2-5-11-22;/h2-7,10-13,16-18,25H,8-9,14-15,19-21H2,1H3;1H. The topological polar surface area (TPSA) is 63.7 Å². The Hall–Kier alpha value is -2.67. The van der Waals surface area contributed by atoms with Crippen molar-refractivity contribution in [1.82, 2.24) is 4.90 Å². The molecule has 0 amide bonds. The number of benzene rings is 3. The quantitative estimate of drug-likeness (QED) is 0.324. The molecule has 0 aromatic heterocycles. The van der Waals surface area contributed by atoms with Crippen LogP contribution in [0, 0.1) is 0 Å². The Bertz CT molecular complexity index is 1210. The van der Waals surface area contributed by atoms with Crippen LogP contribution in [0.1, 0.15) is 47.2 Å². The number of hydrogen-bond acceptors (Lipinski definition) is 5. The van der Waals surface area contributed by atoms with Gasteiger partial charge in [0.15, 0.2) is 15.6 Å². The van der Waals surface area contributed by atoms with Crippen LogP contribution in [0.25, 0.3) is 0 Å². The molecule has 1 aliphatic rings. The number of ether oxygens (including phenoxy) is 1. The van der Waals surface area contributed by atoms with Crippen molar-refractivity contribution < 1.29 is 17.9 Å². The second-order valence-corrected chi connectivity index (χ2v) is 10.9. The van der Waals surface area contributed by atoms with Crippen LogP contribution >= 0.6 is 12.4 Å². The second kappa shape index (κ2) is 12.3. The zero-order chi connectivity index (χ0) is 24.0. The number of hydrogen-bond donors (Lipinski definition) is 0. The van der Waals surface area contributed by atoms with Gasteiger partial charge in [-0.1, -0.05) is 73.5 Å². The van der Waals surface area contributed by atoms with Gasteiger partial charge in [0.2, 0.25) is 0 Å². The smallest absolute Gasteiger partial charge is 0.179 e. The van der Waals surface area contributed by atoms with Crippen molar-refractivity contribution in [2.24, 2.45) is 0 Å². The summed E-state index contributed by atoms with van der Waals surface area (Å²) in [6, 6.07) is 24.8. The molecule has 1 saturated carbocycles. The molecule has 1 fully saturated rings. The zero-order valence-electron chi connectivity index (χ0n) is 19.9. The predicted molar refractivity (Wildman–Crippen MR) is 141 cm³/mol. The lowest BCUT2D eigenvalue weighted by molar-refractivity contribution is 0.0882. The number of Topliss-reactive ketones (excluding diaryl/α,β-unsaturated/α-hetero) is 1. The summed E-state index contributed by atoms with van der Waals surface area (Å²) >= 11 is 0. The fourth-order valence-corrected chi connectivity index (χ4v) is 5.34. The normalized spacial score (nSPS) is 14.0. The summed E-state index contributed by atoms with van der Waals surface area (Å²) in [6.07, 6.45) is 5.67. The third-order valence-corrected chi connectivity index (χ3v) is 7.44. The van der Waals surface area contributed by atoms with E-state index in [9.17, 15) is 13.2 Å². The maximum absolute atomic E-state index is 13.3. The molecule has 0 heterocycles. The number of nitrogens with zero attached hydrogens (tertiary/aromatic N) is 1. The molecule has 0 radical (unpaired) electrons. The van der Waals surface area contributed by atoms with E-state index in [0.717, 1.165) is 24.7 Å². The lowest BCUT2D eigenvalue weighted by atomic mass is 10.1. The molecule has 5 nitrogen and oxygen atoms in total. The molecular weight excluding hydrogens is 482 g/mol. The van der Waals surface area contributed by atoms with Gasteiger partial charge in [0.25, 0.3) is 0 Å². The third-order valence-electron chi connectivity index (χ3n) is 6.32. The van der Waals surface area contributed by atoms with E-state index >= 15 is 0 Å². The number of rotatable bonds is 10. The lowest BCUT2D eigenvalue weighted by Gasteiger charge is -2.28. The third kappa shape index (κ3) is 7.40. The monoisotopic (exact) mass is 513 g/mol. The van der Waals surface area contributed by atoms with Gasteiger partial charge >= 0.3 is 0 Å². The number of carbonyl (C=O) groups is 1. The van der Waals surface area contributed by atoms with Gasteiger partial charge in [-0.05, 0) is 42.2 Å². The Morgan fingerprint density at radius 1 is 0.914 bits per heavy atom. The van der Waals surface area contributed by atoms with Crippen molar-refractivity contribution in [1.29, 1.82) is 0 Å². The van der Waals surface area contributed by atoms with Gasteiger partial charge in [-0.25, -0.2) is 8.42 Å². The van der Waals surface area contributed by atoms with Crippen molar-refractivity contribution in [3.05, 3.63) is 95.6 Å². The van der Waals surface area contributed by atoms with Crippen molar-refractivity contribution >= 4 is 28.0 Å². The summed E-state index contributed by atoms with van der Waals surface area (Å²) in [6.45, 7) is 1.21. The molecule has 0 saturated heterocycles. The van der Waals surface area contributed by atoms with Crippen molar-refractivity contribution in [3.63, 3.8) is 0 Å². The van der Waals surface area contributed by atoms with Gasteiger partial charge in [0.05, 0.1) is 6.54 Å². The number of halogens is 1. The van der Waals surface area contributed by atoms with E-state index in [0.29, 0.717) is 18.2 Å². The van der Waals surface area contributed by atoms with Crippen molar-refractivity contribution in [2.45, 2.75) is 49.8 Å². The SMILES string of the molecule is CS(=O)(=O)c1cc(C(=O)CN(Cc2ccccc2)C2CCCC2)ccc1OCc1ccccc1.Cl. The van der Waals surface area contributed by atoms with Gasteiger partial charge < -0.3 is 4.74 Å². The molecule has 7 heteroatoms. The van der Waals surface area contributed by atoms with Crippen LogP contribution in [0.2, 0.25) is 0 Å². The molecule has 35 heavy (non-hydrogen) atoms. The maximum Gasteiger partial charge on any atom is 0.179 e. The minimum Gasteiger partial charge on any atom is -0.488 e. The van der Waals surface area contributed by atoms with Crippen LogP contribution in [0.15, 0.2) is 83.8 Å². The fourth-order valence-electron chi connectivity index (χ4n) is 4.50. The average molecular weight is 514 g/mol. The predicted octanol–water partition coefficient (Wildman–Crippen LogP) is 5.72. The Morgan fingerprint density at radius 3 is 2.11 bits per heavy atom. The highest BCUT2D eigenvalue weighted by molar-refractivity contribution is 7.90. The Labute approximate surface area is 214 Å². The van der Waals surface area contributed by atoms with Crippen LogP contribution in [0.3, 0.4) is 0 Å². The van der Waals surface area contributed by atoms with E-state index < -0.39 is 9.84 Å². The van der Waals surface area contributed by atoms with Gasteiger partial charge in [-0.15, -0.1) is 12.4 Å². The molecule has 0 atom stereocenters. The summed E-state index contributed by atoms with van der Waals surface area (Å²) in [5, 5.41) is 0. The van der Waals surface area contributed by atoms with E-state index in [2.05, 4.69) is 17.0 Å². The highest BCUT2D eigenvalue weighted by Gasteiger charge is 2.26. The van der Waals surface area contributed by atoms with Crippen LogP contribution in [0.5, 0.6) is 5.75 Å². The first-order chi connectivity index (χ1) is 16.4. The van der Waals surface area contributed by atoms with Gasteiger partial charge in [0, 0.05) is 24.4 Å². The molecule has 3 aromatic rings. The molecular formula is C28H32ClNO4S. The first kappa shape index (κ1) is 26.9. The Balaban J connectivity index is 0.00000342. The Morgan fingerprint density at radius 2 is 1.51 bits per heavy atom. The molecule has 0 unspecified atom stereocenters. The van der Waals surface area contributed by atoms with Crippen LogP contribution < -0.4 is 4.74 Å². The maximum atomic E-state index is 13.3. The van der Waals surface area contributed by atoms with Crippen molar-refractivity contribution in [2.75, 3.05) is 12.8 Å². The first-order valence-corrected chi connectivity index (χ1v) is 13.6. The summed E-state index contributed by atoms with van der Waals surface area (Å²) in [7, 11) is -3.58. The first-order valence-electron chi connectivity index (χ1n) is 11.7. The number of ketones is 1. The van der Waals surface area contributed by atoms with E-state index in [1.54, 1.807) is 12.1 Å². The molecule has 0 N–H and O–H groups in total. The van der Waals surface area contributed by atoms with E-state index in [4.69, 9.17) is 4.74 Å². The van der Waals surface area contributed by atoms with Crippen LogP contribution in [0.4, 0.5) is 0 Å². The second-order valence-electron chi connectivity index (χ2n) is 8.96. The minimum absolute atomic E-state index is 0. The van der Waals surface area contributed by atoms with Gasteiger partial charge in [-0.2, -0.15) is 0 Å². The fraction of sp³-hybridized carbons (Fsp3) is 0.321. The molecule has 1 aliphatic carbocycles. The summed E-state index contributed by atoms with van der Waals surface area (Å²) in [4.78, 5) is 15.6. The zero-order valence-corrected chi connectivity index (χ0v) is 21.6. The lowest BCUT2D eigenvalue weighted by Crippen LogP contribution is -2.37. The molecule has 3 aromatic carbocycles. The van der Waals surface area contributed by atoms with Crippen LogP contribution in [-0.4, -0.2) is 37.9 Å². The molecule has 0 spiro atoms. The van der Waals surface area contributed by atoms with E-state index in [1.807, 2.05) is 48.5 Å². The number of sulfone groups is 1. The minimum atomic E-state index is -3.58. The molecule has 0 aliphatic heterocycles. The highest BCUT2D eigenvalue weighted by atomic mass is 35.5. The largest absolute Gasteiger partial charge is 0.488 e. The molecule has 0 bridgehead atoms. The van der Waals surface area contributed by atoms with Crippen molar-refractivity contribution in [3.8, 4) is 5.75 Å². The van der Waals surface area contributed by atoms with Gasteiger partial charge in [-0.3, -0.25) is 9.69 Å².